The van der Waals surface area contributed by atoms with E-state index in [1.807, 2.05) is 27.0 Å². The third-order valence-corrected chi connectivity index (χ3v) is 2.71. The normalized spacial score (nSPS) is 10.7. The smallest absolute Gasteiger partial charge is 0.229 e. The zero-order chi connectivity index (χ0) is 13.7. The molecule has 0 atom stereocenters. The molecule has 0 aliphatic rings. The molecule has 0 aliphatic heterocycles. The van der Waals surface area contributed by atoms with Crippen LogP contribution in [-0.2, 0) is 11.2 Å². The van der Waals surface area contributed by atoms with Crippen molar-refractivity contribution in [2.24, 2.45) is 0 Å². The van der Waals surface area contributed by atoms with E-state index < -0.39 is 0 Å². The van der Waals surface area contributed by atoms with Gasteiger partial charge >= 0.3 is 0 Å². The summed E-state index contributed by atoms with van der Waals surface area (Å²) in [6, 6.07) is 2.00. The Hall–Kier alpha value is -1.95. The van der Waals surface area contributed by atoms with Gasteiger partial charge in [-0.3, -0.25) is 4.98 Å². The molecule has 2 aromatic rings. The molecule has 0 spiro atoms. The van der Waals surface area contributed by atoms with E-state index in [1.54, 1.807) is 6.20 Å². The monoisotopic (exact) mass is 262 g/mol. The van der Waals surface area contributed by atoms with Gasteiger partial charge < -0.3 is 14.6 Å². The Labute approximate surface area is 112 Å². The summed E-state index contributed by atoms with van der Waals surface area (Å²) < 4.78 is 10.4. The first-order chi connectivity index (χ1) is 9.24. The number of aromatic nitrogens is 3. The third kappa shape index (κ3) is 3.29. The fourth-order valence-electron chi connectivity index (χ4n) is 1.70. The number of rotatable bonds is 6. The average molecular weight is 262 g/mol. The molecule has 2 aromatic heterocycles. The summed E-state index contributed by atoms with van der Waals surface area (Å²) in [4.78, 5) is 8.68. The molecule has 6 heteroatoms. The maximum absolute atomic E-state index is 5.25. The van der Waals surface area contributed by atoms with Crippen molar-refractivity contribution in [2.75, 3.05) is 25.6 Å². The molecule has 0 fully saturated rings. The molecule has 1 N–H and O–H groups in total. The van der Waals surface area contributed by atoms with Gasteiger partial charge in [-0.1, -0.05) is 5.16 Å². The second-order valence-corrected chi connectivity index (χ2v) is 4.10. The molecular formula is C13H18N4O2. The average Bonchev–Trinajstić information content (AvgIpc) is 2.87. The van der Waals surface area contributed by atoms with Crippen LogP contribution in [0.15, 0.2) is 16.8 Å². The maximum Gasteiger partial charge on any atom is 0.229 e. The quantitative estimate of drug-likeness (QED) is 0.803. The van der Waals surface area contributed by atoms with E-state index in [-0.39, 0.29) is 0 Å². The van der Waals surface area contributed by atoms with Gasteiger partial charge in [0, 0.05) is 13.7 Å². The number of anilines is 1. The topological polar surface area (TPSA) is 73.1 Å². The van der Waals surface area contributed by atoms with Crippen LogP contribution in [0.5, 0.6) is 0 Å². The molecule has 6 nitrogen and oxygen atoms in total. The van der Waals surface area contributed by atoms with Crippen LogP contribution in [0.2, 0.25) is 0 Å². The van der Waals surface area contributed by atoms with Crippen LogP contribution in [0, 0.1) is 6.92 Å². The van der Waals surface area contributed by atoms with Crippen LogP contribution in [-0.4, -0.2) is 35.4 Å². The number of nitrogens with zero attached hydrogens (tertiary/aromatic N) is 3. The highest BCUT2D eigenvalue weighted by atomic mass is 16.5. The van der Waals surface area contributed by atoms with Crippen molar-refractivity contribution < 1.29 is 9.26 Å². The van der Waals surface area contributed by atoms with Gasteiger partial charge in [0.1, 0.15) is 5.69 Å². The summed E-state index contributed by atoms with van der Waals surface area (Å²) in [5.74, 6) is 1.09. The zero-order valence-corrected chi connectivity index (χ0v) is 11.4. The minimum atomic E-state index is 0.520. The molecule has 102 valence electrons. The van der Waals surface area contributed by atoms with E-state index in [0.717, 1.165) is 16.9 Å². The number of hydrogen-bond donors (Lipinski definition) is 1. The number of pyridine rings is 1. The Morgan fingerprint density at radius 1 is 1.42 bits per heavy atom. The fourth-order valence-corrected chi connectivity index (χ4v) is 1.70. The predicted octanol–water partition coefficient (Wildman–Crippen LogP) is 2.06. The maximum atomic E-state index is 5.25. The van der Waals surface area contributed by atoms with E-state index in [1.165, 1.54) is 0 Å². The summed E-state index contributed by atoms with van der Waals surface area (Å²) in [5, 5.41) is 7.00. The summed E-state index contributed by atoms with van der Waals surface area (Å²) in [6.45, 7) is 5.20. The van der Waals surface area contributed by atoms with Crippen LogP contribution in [0.3, 0.4) is 0 Å². The Kier molecular flexibility index (Phi) is 4.46. The highest BCUT2D eigenvalue weighted by Gasteiger charge is 2.12. The lowest BCUT2D eigenvalue weighted by atomic mass is 10.2. The summed E-state index contributed by atoms with van der Waals surface area (Å²) in [6.07, 6.45) is 2.37. The first-order valence-electron chi connectivity index (χ1n) is 6.29. The van der Waals surface area contributed by atoms with Crippen molar-refractivity contribution in [3.05, 3.63) is 23.7 Å². The first kappa shape index (κ1) is 13.5. The van der Waals surface area contributed by atoms with E-state index in [2.05, 4.69) is 20.4 Å². The Bertz CT molecular complexity index is 539. The summed E-state index contributed by atoms with van der Waals surface area (Å²) >= 11 is 0. The third-order valence-electron chi connectivity index (χ3n) is 2.71. The predicted molar refractivity (Wildman–Crippen MR) is 72.0 cm³/mol. The Morgan fingerprint density at radius 3 is 2.95 bits per heavy atom. The zero-order valence-electron chi connectivity index (χ0n) is 11.4. The molecule has 0 amide bonds. The van der Waals surface area contributed by atoms with Crippen LogP contribution >= 0.6 is 0 Å². The van der Waals surface area contributed by atoms with Gasteiger partial charge in [0.25, 0.3) is 0 Å². The van der Waals surface area contributed by atoms with Crippen LogP contribution in [0.25, 0.3) is 11.5 Å². The molecule has 19 heavy (non-hydrogen) atoms. The first-order valence-corrected chi connectivity index (χ1v) is 6.29. The molecule has 0 bridgehead atoms. The van der Waals surface area contributed by atoms with Crippen LogP contribution in [0.4, 0.5) is 5.69 Å². The molecule has 2 heterocycles. The van der Waals surface area contributed by atoms with Crippen LogP contribution in [0.1, 0.15) is 18.4 Å². The van der Waals surface area contributed by atoms with E-state index in [9.17, 15) is 0 Å². The lowest BCUT2D eigenvalue weighted by Crippen LogP contribution is -1.98. The number of nitrogens with one attached hydrogen (secondary N) is 1. The largest absolute Gasteiger partial charge is 0.387 e. The SMILES string of the molecule is CCOCCc1nc(-c2ncc(NC)cc2C)no1. The molecule has 0 unspecified atom stereocenters. The van der Waals surface area contributed by atoms with E-state index in [4.69, 9.17) is 9.26 Å². The van der Waals surface area contributed by atoms with E-state index in [0.29, 0.717) is 31.3 Å². The molecule has 0 saturated heterocycles. The van der Waals surface area contributed by atoms with Crippen molar-refractivity contribution in [2.45, 2.75) is 20.3 Å². The van der Waals surface area contributed by atoms with Crippen LogP contribution < -0.4 is 5.32 Å². The molecule has 0 saturated carbocycles. The highest BCUT2D eigenvalue weighted by molar-refractivity contribution is 5.58. The van der Waals surface area contributed by atoms with Crippen molar-refractivity contribution in [3.63, 3.8) is 0 Å². The van der Waals surface area contributed by atoms with Gasteiger partial charge in [-0.25, -0.2) is 0 Å². The van der Waals surface area contributed by atoms with Gasteiger partial charge in [0.2, 0.25) is 11.7 Å². The lowest BCUT2D eigenvalue weighted by molar-refractivity contribution is 0.144. The van der Waals surface area contributed by atoms with Gasteiger partial charge in [-0.05, 0) is 25.5 Å². The Morgan fingerprint density at radius 2 is 2.26 bits per heavy atom. The highest BCUT2D eigenvalue weighted by Crippen LogP contribution is 2.20. The van der Waals surface area contributed by atoms with Crippen molar-refractivity contribution >= 4 is 5.69 Å². The summed E-state index contributed by atoms with van der Waals surface area (Å²) in [5.41, 5.74) is 2.70. The molecule has 0 radical (unpaired) electrons. The number of aryl methyl sites for hydroxylation is 1. The number of ether oxygens (including phenoxy) is 1. The van der Waals surface area contributed by atoms with Crippen molar-refractivity contribution in [1.82, 2.24) is 15.1 Å². The van der Waals surface area contributed by atoms with Gasteiger partial charge in [0.05, 0.1) is 24.9 Å². The summed E-state index contributed by atoms with van der Waals surface area (Å²) in [7, 11) is 1.86. The van der Waals surface area contributed by atoms with Gasteiger partial charge in [-0.15, -0.1) is 0 Å². The number of hydrogen-bond acceptors (Lipinski definition) is 6. The van der Waals surface area contributed by atoms with Crippen molar-refractivity contribution in [1.29, 1.82) is 0 Å². The second kappa shape index (κ2) is 6.29. The molecular weight excluding hydrogens is 244 g/mol. The fraction of sp³-hybridized carbons (Fsp3) is 0.462. The minimum absolute atomic E-state index is 0.520. The van der Waals surface area contributed by atoms with Gasteiger partial charge in [0.15, 0.2) is 0 Å². The lowest BCUT2D eigenvalue weighted by Gasteiger charge is -2.03. The Balaban J connectivity index is 2.13. The minimum Gasteiger partial charge on any atom is -0.387 e. The molecule has 0 aliphatic carbocycles. The molecule has 2 rings (SSSR count). The second-order valence-electron chi connectivity index (χ2n) is 4.10. The molecule has 0 aromatic carbocycles. The van der Waals surface area contributed by atoms with E-state index >= 15 is 0 Å². The standard InChI is InChI=1S/C13H18N4O2/c1-4-18-6-5-11-16-13(17-19-11)12-9(2)7-10(14-3)8-15-12/h7-8,14H,4-6H2,1-3H3. The van der Waals surface area contributed by atoms with Crippen molar-refractivity contribution in [3.8, 4) is 11.5 Å². The van der Waals surface area contributed by atoms with Gasteiger partial charge in [-0.2, -0.15) is 4.98 Å².